The van der Waals surface area contributed by atoms with Gasteiger partial charge >= 0.3 is 0 Å². The van der Waals surface area contributed by atoms with Crippen LogP contribution in [0.3, 0.4) is 0 Å². The van der Waals surface area contributed by atoms with Gasteiger partial charge in [0.15, 0.2) is 0 Å². The molecule has 1 aromatic carbocycles. The third-order valence-corrected chi connectivity index (χ3v) is 4.46. The van der Waals surface area contributed by atoms with Crippen LogP contribution in [0.1, 0.15) is 12.0 Å². The van der Waals surface area contributed by atoms with Gasteiger partial charge in [0.05, 0.1) is 12.7 Å². The summed E-state index contributed by atoms with van der Waals surface area (Å²) in [4.78, 5) is 5.11. The normalized spacial score (nSPS) is 25.0. The van der Waals surface area contributed by atoms with Crippen molar-refractivity contribution < 1.29 is 9.47 Å². The Kier molecular flexibility index (Phi) is 5.63. The lowest BCUT2D eigenvalue weighted by Crippen LogP contribution is -2.49. The first kappa shape index (κ1) is 15.0. The molecule has 2 aliphatic heterocycles. The highest BCUT2D eigenvalue weighted by Gasteiger charge is 2.21. The van der Waals surface area contributed by atoms with Crippen molar-refractivity contribution in [2.45, 2.75) is 18.9 Å². The van der Waals surface area contributed by atoms with Crippen molar-refractivity contribution in [3.8, 4) is 0 Å². The van der Waals surface area contributed by atoms with Crippen LogP contribution >= 0.6 is 0 Å². The van der Waals surface area contributed by atoms with Crippen LogP contribution in [0.5, 0.6) is 0 Å². The molecule has 1 aromatic rings. The average Bonchev–Trinajstić information content (AvgIpc) is 2.56. The van der Waals surface area contributed by atoms with E-state index in [9.17, 15) is 0 Å². The lowest BCUT2D eigenvalue weighted by atomic mass is 10.1. The largest absolute Gasteiger partial charge is 0.355 e. The van der Waals surface area contributed by atoms with E-state index in [2.05, 4.69) is 40.1 Å². The van der Waals surface area contributed by atoms with Gasteiger partial charge in [-0.15, -0.1) is 0 Å². The van der Waals surface area contributed by atoms with Crippen LogP contribution in [-0.4, -0.2) is 68.6 Å². The van der Waals surface area contributed by atoms with E-state index >= 15 is 0 Å². The van der Waals surface area contributed by atoms with Crippen molar-refractivity contribution in [2.24, 2.45) is 0 Å². The van der Waals surface area contributed by atoms with Gasteiger partial charge in [-0.2, -0.15) is 0 Å². The van der Waals surface area contributed by atoms with Crippen LogP contribution in [0.2, 0.25) is 0 Å². The molecule has 0 aromatic heterocycles. The maximum atomic E-state index is 5.64. The van der Waals surface area contributed by atoms with E-state index in [1.807, 2.05) is 0 Å². The van der Waals surface area contributed by atoms with Crippen LogP contribution in [-0.2, 0) is 15.9 Å². The minimum Gasteiger partial charge on any atom is -0.355 e. The highest BCUT2D eigenvalue weighted by Crippen LogP contribution is 2.11. The van der Waals surface area contributed by atoms with E-state index < -0.39 is 0 Å². The molecule has 0 radical (unpaired) electrons. The van der Waals surface area contributed by atoms with Gasteiger partial charge in [-0.3, -0.25) is 4.90 Å². The topological polar surface area (TPSA) is 24.9 Å². The summed E-state index contributed by atoms with van der Waals surface area (Å²) in [5.41, 5.74) is 1.44. The van der Waals surface area contributed by atoms with Crippen LogP contribution in [0, 0.1) is 0 Å². The zero-order valence-corrected chi connectivity index (χ0v) is 12.7. The first-order valence-electron chi connectivity index (χ1n) is 8.08. The summed E-state index contributed by atoms with van der Waals surface area (Å²) in [5.74, 6) is 0. The molecule has 0 unspecified atom stereocenters. The smallest absolute Gasteiger partial charge is 0.147 e. The predicted octanol–water partition coefficient (Wildman–Crippen LogP) is 1.61. The lowest BCUT2D eigenvalue weighted by Gasteiger charge is -2.37. The minimum atomic E-state index is 0.370. The van der Waals surface area contributed by atoms with E-state index in [1.165, 1.54) is 25.2 Å². The molecule has 0 spiro atoms. The van der Waals surface area contributed by atoms with Crippen molar-refractivity contribution in [3.63, 3.8) is 0 Å². The number of nitrogens with zero attached hydrogens (tertiary/aromatic N) is 2. The number of ether oxygens (including phenoxy) is 2. The highest BCUT2D eigenvalue weighted by atomic mass is 16.7. The summed E-state index contributed by atoms with van der Waals surface area (Å²) < 4.78 is 10.9. The van der Waals surface area contributed by atoms with Gasteiger partial charge in [-0.1, -0.05) is 30.3 Å². The zero-order chi connectivity index (χ0) is 14.3. The van der Waals surface area contributed by atoms with Crippen LogP contribution in [0.15, 0.2) is 30.3 Å². The molecule has 0 bridgehead atoms. The molecule has 1 atom stereocenters. The van der Waals surface area contributed by atoms with Gasteiger partial charge in [0, 0.05) is 39.3 Å². The third kappa shape index (κ3) is 4.78. The van der Waals surface area contributed by atoms with E-state index in [1.54, 1.807) is 0 Å². The number of hydrogen-bond acceptors (Lipinski definition) is 4. The fourth-order valence-electron chi connectivity index (χ4n) is 3.06. The van der Waals surface area contributed by atoms with Crippen LogP contribution in [0.25, 0.3) is 0 Å². The lowest BCUT2D eigenvalue weighted by molar-refractivity contribution is -0.145. The summed E-state index contributed by atoms with van der Waals surface area (Å²) in [6, 6.07) is 10.8. The fraction of sp³-hybridized carbons (Fsp3) is 0.647. The molecular weight excluding hydrogens is 264 g/mol. The van der Waals surface area contributed by atoms with Crippen molar-refractivity contribution in [1.29, 1.82) is 0 Å². The monoisotopic (exact) mass is 290 g/mol. The molecule has 0 saturated carbocycles. The van der Waals surface area contributed by atoms with Crippen LogP contribution < -0.4 is 0 Å². The molecule has 0 N–H and O–H groups in total. The van der Waals surface area contributed by atoms with Crippen molar-refractivity contribution in [3.05, 3.63) is 35.9 Å². The number of rotatable bonds is 5. The van der Waals surface area contributed by atoms with Gasteiger partial charge in [-0.25, -0.2) is 0 Å². The van der Waals surface area contributed by atoms with Gasteiger partial charge in [0.2, 0.25) is 0 Å². The van der Waals surface area contributed by atoms with Gasteiger partial charge in [-0.05, 0) is 18.4 Å². The number of benzene rings is 1. The Bertz CT molecular complexity index is 399. The maximum absolute atomic E-state index is 5.64. The van der Waals surface area contributed by atoms with E-state index in [0.29, 0.717) is 12.9 Å². The average molecular weight is 290 g/mol. The summed E-state index contributed by atoms with van der Waals surface area (Å²) >= 11 is 0. The van der Waals surface area contributed by atoms with Crippen molar-refractivity contribution in [2.75, 3.05) is 52.7 Å². The molecule has 0 amide bonds. The van der Waals surface area contributed by atoms with Crippen molar-refractivity contribution in [1.82, 2.24) is 9.80 Å². The molecule has 3 rings (SSSR count). The van der Waals surface area contributed by atoms with Crippen LogP contribution in [0.4, 0.5) is 0 Å². The second-order valence-corrected chi connectivity index (χ2v) is 5.98. The number of hydrogen-bond donors (Lipinski definition) is 0. The van der Waals surface area contributed by atoms with E-state index in [4.69, 9.17) is 9.47 Å². The molecule has 4 nitrogen and oxygen atoms in total. The molecule has 2 heterocycles. The molecule has 116 valence electrons. The summed E-state index contributed by atoms with van der Waals surface area (Å²) in [6.45, 7) is 8.24. The maximum Gasteiger partial charge on any atom is 0.147 e. The van der Waals surface area contributed by atoms with E-state index in [-0.39, 0.29) is 0 Å². The predicted molar refractivity (Wildman–Crippen MR) is 83.3 cm³/mol. The summed E-state index contributed by atoms with van der Waals surface area (Å²) in [6.07, 6.45) is 2.56. The Morgan fingerprint density at radius 2 is 1.76 bits per heavy atom. The van der Waals surface area contributed by atoms with Gasteiger partial charge in [0.25, 0.3) is 0 Å². The Hall–Kier alpha value is -0.940. The highest BCUT2D eigenvalue weighted by molar-refractivity contribution is 5.14. The minimum absolute atomic E-state index is 0.370. The summed E-state index contributed by atoms with van der Waals surface area (Å²) in [7, 11) is 0. The molecule has 21 heavy (non-hydrogen) atoms. The molecule has 2 saturated heterocycles. The Morgan fingerprint density at radius 1 is 1.00 bits per heavy atom. The van der Waals surface area contributed by atoms with Gasteiger partial charge < -0.3 is 14.4 Å². The van der Waals surface area contributed by atoms with Crippen molar-refractivity contribution >= 4 is 0 Å². The second kappa shape index (κ2) is 7.90. The SMILES string of the molecule is c1ccc(CCN2CCN(C[C@H]3CCOCO3)CC2)cc1. The number of piperazine rings is 1. The van der Waals surface area contributed by atoms with Gasteiger partial charge in [0.1, 0.15) is 6.79 Å². The standard InChI is InChI=1S/C17H26N2O2/c1-2-4-16(5-3-1)6-8-18-9-11-19(12-10-18)14-17-7-13-20-15-21-17/h1-5,17H,6-15H2/t17-/m1/s1. The quantitative estimate of drug-likeness (QED) is 0.822. The first-order chi connectivity index (χ1) is 10.4. The zero-order valence-electron chi connectivity index (χ0n) is 12.7. The van der Waals surface area contributed by atoms with E-state index in [0.717, 1.165) is 39.1 Å². The molecule has 4 heteroatoms. The molecule has 2 fully saturated rings. The summed E-state index contributed by atoms with van der Waals surface area (Å²) in [5, 5.41) is 0. The Morgan fingerprint density at radius 3 is 2.48 bits per heavy atom. The second-order valence-electron chi connectivity index (χ2n) is 5.98. The molecular formula is C17H26N2O2. The first-order valence-corrected chi connectivity index (χ1v) is 8.08. The third-order valence-electron chi connectivity index (χ3n) is 4.46. The molecule has 2 aliphatic rings. The fourth-order valence-corrected chi connectivity index (χ4v) is 3.06. The Labute approximate surface area is 127 Å². The molecule has 0 aliphatic carbocycles. The Balaban J connectivity index is 1.35.